The van der Waals surface area contributed by atoms with Gasteiger partial charge in [0.25, 0.3) is 0 Å². The van der Waals surface area contributed by atoms with Gasteiger partial charge in [0.1, 0.15) is 30.3 Å². The standard InChI is InChI=1S/C16H17NO4/c1-19-16(18)15-13(17)8-5-9-14(15)21-11-10-20-12-6-3-2-4-7-12/h2-9H,10-11,17H2,1H3. The molecule has 0 aliphatic heterocycles. The Balaban J connectivity index is 1.94. The summed E-state index contributed by atoms with van der Waals surface area (Å²) in [6.07, 6.45) is 0. The van der Waals surface area contributed by atoms with Crippen LogP contribution in [0.5, 0.6) is 11.5 Å². The number of methoxy groups -OCH3 is 1. The van der Waals surface area contributed by atoms with Crippen molar-refractivity contribution < 1.29 is 19.0 Å². The molecule has 0 amide bonds. The fourth-order valence-electron chi connectivity index (χ4n) is 1.82. The molecule has 0 fully saturated rings. The van der Waals surface area contributed by atoms with Crippen LogP contribution in [0.25, 0.3) is 0 Å². The molecule has 0 aromatic heterocycles. The maximum atomic E-state index is 11.7. The molecule has 5 nitrogen and oxygen atoms in total. The van der Waals surface area contributed by atoms with E-state index in [2.05, 4.69) is 0 Å². The zero-order valence-corrected chi connectivity index (χ0v) is 11.7. The van der Waals surface area contributed by atoms with E-state index < -0.39 is 5.97 Å². The van der Waals surface area contributed by atoms with Crippen LogP contribution in [0.2, 0.25) is 0 Å². The molecule has 0 spiro atoms. The van der Waals surface area contributed by atoms with Gasteiger partial charge in [-0.15, -0.1) is 0 Å². The molecule has 0 aliphatic rings. The molecule has 0 saturated heterocycles. The van der Waals surface area contributed by atoms with Crippen molar-refractivity contribution in [3.63, 3.8) is 0 Å². The first-order chi connectivity index (χ1) is 10.2. The fourth-order valence-corrected chi connectivity index (χ4v) is 1.82. The minimum Gasteiger partial charge on any atom is -0.490 e. The summed E-state index contributed by atoms with van der Waals surface area (Å²) < 4.78 is 15.8. The molecule has 0 unspecified atom stereocenters. The first kappa shape index (κ1) is 14.7. The Kier molecular flexibility index (Phi) is 5.04. The van der Waals surface area contributed by atoms with Gasteiger partial charge in [0.05, 0.1) is 7.11 Å². The number of carbonyl (C=O) groups is 1. The number of hydrogen-bond donors (Lipinski definition) is 1. The summed E-state index contributed by atoms with van der Waals surface area (Å²) in [4.78, 5) is 11.7. The molecule has 2 N–H and O–H groups in total. The summed E-state index contributed by atoms with van der Waals surface area (Å²) in [7, 11) is 1.30. The van der Waals surface area contributed by atoms with Crippen molar-refractivity contribution >= 4 is 11.7 Å². The van der Waals surface area contributed by atoms with Crippen LogP contribution in [0.15, 0.2) is 48.5 Å². The molecule has 0 saturated carbocycles. The predicted molar refractivity (Wildman–Crippen MR) is 79.6 cm³/mol. The van der Waals surface area contributed by atoms with Gasteiger partial charge in [-0.3, -0.25) is 0 Å². The lowest BCUT2D eigenvalue weighted by atomic mass is 10.1. The number of para-hydroxylation sites is 1. The molecule has 0 atom stereocenters. The fraction of sp³-hybridized carbons (Fsp3) is 0.188. The van der Waals surface area contributed by atoms with Crippen molar-refractivity contribution in [2.24, 2.45) is 0 Å². The van der Waals surface area contributed by atoms with Crippen molar-refractivity contribution in [2.75, 3.05) is 26.1 Å². The second-order valence-corrected chi connectivity index (χ2v) is 4.22. The quantitative estimate of drug-likeness (QED) is 0.502. The van der Waals surface area contributed by atoms with E-state index in [9.17, 15) is 4.79 Å². The Labute approximate surface area is 123 Å². The monoisotopic (exact) mass is 287 g/mol. The van der Waals surface area contributed by atoms with Gasteiger partial charge in [-0.2, -0.15) is 0 Å². The van der Waals surface area contributed by atoms with E-state index in [1.54, 1.807) is 18.2 Å². The molecule has 2 aromatic rings. The summed E-state index contributed by atoms with van der Waals surface area (Å²) in [6.45, 7) is 0.655. The lowest BCUT2D eigenvalue weighted by molar-refractivity contribution is 0.0596. The third-order valence-electron chi connectivity index (χ3n) is 2.80. The maximum absolute atomic E-state index is 11.7. The van der Waals surface area contributed by atoms with Gasteiger partial charge >= 0.3 is 5.97 Å². The highest BCUT2D eigenvalue weighted by Crippen LogP contribution is 2.25. The van der Waals surface area contributed by atoms with E-state index in [4.69, 9.17) is 19.9 Å². The second kappa shape index (κ2) is 7.19. The van der Waals surface area contributed by atoms with E-state index in [0.717, 1.165) is 5.75 Å². The van der Waals surface area contributed by atoms with Gasteiger partial charge in [-0.05, 0) is 24.3 Å². The molecule has 0 heterocycles. The SMILES string of the molecule is COC(=O)c1c(N)cccc1OCCOc1ccccc1. The smallest absolute Gasteiger partial charge is 0.343 e. The molecular formula is C16H17NO4. The van der Waals surface area contributed by atoms with Crippen molar-refractivity contribution in [1.82, 2.24) is 0 Å². The molecule has 0 aliphatic carbocycles. The van der Waals surface area contributed by atoms with Crippen molar-refractivity contribution in [1.29, 1.82) is 0 Å². The third kappa shape index (κ3) is 3.89. The van der Waals surface area contributed by atoms with Crippen LogP contribution in [-0.4, -0.2) is 26.3 Å². The summed E-state index contributed by atoms with van der Waals surface area (Å²) in [5.41, 5.74) is 6.34. The number of hydrogen-bond acceptors (Lipinski definition) is 5. The van der Waals surface area contributed by atoms with Crippen LogP contribution < -0.4 is 15.2 Å². The third-order valence-corrected chi connectivity index (χ3v) is 2.80. The molecule has 0 bridgehead atoms. The number of rotatable bonds is 6. The highest BCUT2D eigenvalue weighted by atomic mass is 16.5. The highest BCUT2D eigenvalue weighted by Gasteiger charge is 2.16. The minimum absolute atomic E-state index is 0.236. The van der Waals surface area contributed by atoms with Crippen molar-refractivity contribution in [3.8, 4) is 11.5 Å². The zero-order valence-electron chi connectivity index (χ0n) is 11.7. The Hall–Kier alpha value is -2.69. The number of nitrogens with two attached hydrogens (primary N) is 1. The molecule has 21 heavy (non-hydrogen) atoms. The van der Waals surface area contributed by atoms with Gasteiger partial charge in [-0.1, -0.05) is 24.3 Å². The minimum atomic E-state index is -0.521. The second-order valence-electron chi connectivity index (χ2n) is 4.22. The number of ether oxygens (including phenoxy) is 3. The van der Waals surface area contributed by atoms with Crippen LogP contribution in [0.3, 0.4) is 0 Å². The molecule has 110 valence electrons. The number of anilines is 1. The summed E-state index contributed by atoms with van der Waals surface area (Å²) in [6, 6.07) is 14.4. The van der Waals surface area contributed by atoms with E-state index in [0.29, 0.717) is 24.7 Å². The van der Waals surface area contributed by atoms with Crippen LogP contribution in [0.4, 0.5) is 5.69 Å². The molecule has 2 rings (SSSR count). The Bertz CT molecular complexity index is 598. The maximum Gasteiger partial charge on any atom is 0.343 e. The van der Waals surface area contributed by atoms with Gasteiger partial charge in [0, 0.05) is 5.69 Å². The van der Waals surface area contributed by atoms with E-state index in [1.807, 2.05) is 30.3 Å². The van der Waals surface area contributed by atoms with Crippen LogP contribution >= 0.6 is 0 Å². The van der Waals surface area contributed by atoms with Gasteiger partial charge in [0.2, 0.25) is 0 Å². The number of esters is 1. The lowest BCUT2D eigenvalue weighted by Crippen LogP contribution is -2.13. The van der Waals surface area contributed by atoms with E-state index >= 15 is 0 Å². The van der Waals surface area contributed by atoms with Crippen LogP contribution in [0, 0.1) is 0 Å². The van der Waals surface area contributed by atoms with Gasteiger partial charge < -0.3 is 19.9 Å². The summed E-state index contributed by atoms with van der Waals surface area (Å²) >= 11 is 0. The highest BCUT2D eigenvalue weighted by molar-refractivity contribution is 5.98. The predicted octanol–water partition coefficient (Wildman–Crippen LogP) is 2.51. The van der Waals surface area contributed by atoms with Crippen molar-refractivity contribution in [3.05, 3.63) is 54.1 Å². The first-order valence-corrected chi connectivity index (χ1v) is 6.50. The van der Waals surface area contributed by atoms with Crippen LogP contribution in [0.1, 0.15) is 10.4 Å². The van der Waals surface area contributed by atoms with E-state index in [1.165, 1.54) is 7.11 Å². The zero-order chi connectivity index (χ0) is 15.1. The lowest BCUT2D eigenvalue weighted by Gasteiger charge is -2.12. The molecule has 0 radical (unpaired) electrons. The average molecular weight is 287 g/mol. The summed E-state index contributed by atoms with van der Waals surface area (Å²) in [5, 5.41) is 0. The molecule has 2 aromatic carbocycles. The molecular weight excluding hydrogens is 270 g/mol. The number of carbonyl (C=O) groups excluding carboxylic acids is 1. The van der Waals surface area contributed by atoms with Crippen LogP contribution in [-0.2, 0) is 4.74 Å². The van der Waals surface area contributed by atoms with Gasteiger partial charge in [0.15, 0.2) is 0 Å². The largest absolute Gasteiger partial charge is 0.490 e. The Morgan fingerprint density at radius 1 is 1.00 bits per heavy atom. The van der Waals surface area contributed by atoms with E-state index in [-0.39, 0.29) is 5.56 Å². The average Bonchev–Trinajstić information content (AvgIpc) is 2.52. The first-order valence-electron chi connectivity index (χ1n) is 6.50. The topological polar surface area (TPSA) is 70.8 Å². The van der Waals surface area contributed by atoms with Gasteiger partial charge in [-0.25, -0.2) is 4.79 Å². The molecule has 5 heteroatoms. The Morgan fingerprint density at radius 2 is 1.71 bits per heavy atom. The van der Waals surface area contributed by atoms with Crippen molar-refractivity contribution in [2.45, 2.75) is 0 Å². The number of benzene rings is 2. The summed E-state index contributed by atoms with van der Waals surface area (Å²) in [5.74, 6) is 0.632. The number of nitrogen functional groups attached to an aromatic ring is 1. The normalized spacial score (nSPS) is 9.95. The Morgan fingerprint density at radius 3 is 2.43 bits per heavy atom.